The number of carbonyl (C=O) groups excluding carboxylic acids is 2. The average molecular weight is 476 g/mol. The Bertz CT molecular complexity index is 736. The van der Waals surface area contributed by atoms with E-state index in [4.69, 9.17) is 9.47 Å². The SMILES string of the molecule is CNCCNC(=O)OC(C)(C)C.O=C1CSCCCN1.c1ccc(Oc2ccccc2)cc1. The van der Waals surface area contributed by atoms with E-state index in [1.165, 1.54) is 0 Å². The Hall–Kier alpha value is -2.71. The number of nitrogens with one attached hydrogen (secondary N) is 3. The van der Waals surface area contributed by atoms with Crippen molar-refractivity contribution in [2.75, 3.05) is 38.2 Å². The van der Waals surface area contributed by atoms with E-state index in [1.54, 1.807) is 11.8 Å². The molecule has 3 N–H and O–H groups in total. The molecule has 0 bridgehead atoms. The van der Waals surface area contributed by atoms with Crippen molar-refractivity contribution in [1.82, 2.24) is 16.0 Å². The van der Waals surface area contributed by atoms with E-state index in [1.807, 2.05) is 88.5 Å². The molecule has 0 spiro atoms. The van der Waals surface area contributed by atoms with Crippen molar-refractivity contribution in [3.63, 3.8) is 0 Å². The van der Waals surface area contributed by atoms with Gasteiger partial charge in [0.1, 0.15) is 17.1 Å². The molecule has 3 rings (SSSR count). The molecule has 1 aliphatic rings. The monoisotopic (exact) mass is 475 g/mol. The van der Waals surface area contributed by atoms with Crippen LogP contribution in [0.25, 0.3) is 0 Å². The van der Waals surface area contributed by atoms with Gasteiger partial charge in [0.25, 0.3) is 0 Å². The lowest BCUT2D eigenvalue weighted by Crippen LogP contribution is -2.35. The first kappa shape index (κ1) is 28.3. The van der Waals surface area contributed by atoms with Crippen LogP contribution in [-0.2, 0) is 9.53 Å². The molecule has 2 aromatic carbocycles. The van der Waals surface area contributed by atoms with Crippen LogP contribution in [0.1, 0.15) is 27.2 Å². The summed E-state index contributed by atoms with van der Waals surface area (Å²) in [6.45, 7) is 7.72. The van der Waals surface area contributed by atoms with Crippen molar-refractivity contribution >= 4 is 23.8 Å². The minimum atomic E-state index is -0.413. The predicted molar refractivity (Wildman–Crippen MR) is 136 cm³/mol. The Morgan fingerprint density at radius 3 is 2.09 bits per heavy atom. The summed E-state index contributed by atoms with van der Waals surface area (Å²) in [4.78, 5) is 21.5. The van der Waals surface area contributed by atoms with Gasteiger partial charge in [-0.05, 0) is 64.3 Å². The van der Waals surface area contributed by atoms with Crippen LogP contribution >= 0.6 is 11.8 Å². The zero-order valence-corrected chi connectivity index (χ0v) is 20.9. The van der Waals surface area contributed by atoms with Crippen LogP contribution in [0.5, 0.6) is 11.5 Å². The number of para-hydroxylation sites is 2. The largest absolute Gasteiger partial charge is 0.457 e. The summed E-state index contributed by atoms with van der Waals surface area (Å²) in [7, 11) is 1.83. The summed E-state index contributed by atoms with van der Waals surface area (Å²) in [5, 5.41) is 8.32. The summed E-state index contributed by atoms with van der Waals surface area (Å²) in [6.07, 6.45) is 0.758. The molecule has 0 saturated carbocycles. The van der Waals surface area contributed by atoms with Gasteiger partial charge in [0.15, 0.2) is 0 Å². The molecule has 2 aromatic rings. The molecule has 0 radical (unpaired) electrons. The van der Waals surface area contributed by atoms with Crippen molar-refractivity contribution < 1.29 is 19.1 Å². The number of benzene rings is 2. The van der Waals surface area contributed by atoms with Gasteiger partial charge < -0.3 is 25.4 Å². The van der Waals surface area contributed by atoms with E-state index in [0.29, 0.717) is 12.3 Å². The number of rotatable bonds is 5. The average Bonchev–Trinajstić information content (AvgIpc) is 3.02. The number of ether oxygens (including phenoxy) is 2. The molecule has 1 saturated heterocycles. The van der Waals surface area contributed by atoms with Gasteiger partial charge in [-0.15, -0.1) is 0 Å². The maximum atomic E-state index is 11.0. The molecular formula is C25H37N3O4S. The summed E-state index contributed by atoms with van der Waals surface area (Å²) < 4.78 is 10.6. The lowest BCUT2D eigenvalue weighted by atomic mass is 10.2. The second-order valence-corrected chi connectivity index (χ2v) is 9.12. The normalized spacial score (nSPS) is 13.0. The maximum absolute atomic E-state index is 11.0. The van der Waals surface area contributed by atoms with E-state index in [-0.39, 0.29) is 12.0 Å². The third-order valence-corrected chi connectivity index (χ3v) is 4.83. The number of alkyl carbamates (subject to hydrolysis) is 1. The first-order chi connectivity index (χ1) is 15.8. The molecular weight excluding hydrogens is 438 g/mol. The van der Waals surface area contributed by atoms with Crippen LogP contribution in [0.3, 0.4) is 0 Å². The van der Waals surface area contributed by atoms with Crippen molar-refractivity contribution in [2.45, 2.75) is 32.8 Å². The molecule has 0 atom stereocenters. The fourth-order valence-electron chi connectivity index (χ4n) is 2.33. The van der Waals surface area contributed by atoms with Gasteiger partial charge in [-0.3, -0.25) is 4.79 Å². The summed E-state index contributed by atoms with van der Waals surface area (Å²) in [5.41, 5.74) is -0.413. The third-order valence-electron chi connectivity index (χ3n) is 3.79. The van der Waals surface area contributed by atoms with Gasteiger partial charge in [0.2, 0.25) is 5.91 Å². The zero-order chi connectivity index (χ0) is 24.4. The second-order valence-electron chi connectivity index (χ2n) is 8.02. The van der Waals surface area contributed by atoms with Crippen LogP contribution in [-0.4, -0.2) is 55.8 Å². The van der Waals surface area contributed by atoms with Crippen LogP contribution in [0.4, 0.5) is 4.79 Å². The summed E-state index contributed by atoms with van der Waals surface area (Å²) in [5.74, 6) is 3.70. The van der Waals surface area contributed by atoms with Crippen LogP contribution < -0.4 is 20.7 Å². The number of hydrogen-bond donors (Lipinski definition) is 3. The van der Waals surface area contributed by atoms with Gasteiger partial charge in [0, 0.05) is 19.6 Å². The highest BCUT2D eigenvalue weighted by molar-refractivity contribution is 7.99. The molecule has 33 heavy (non-hydrogen) atoms. The number of carbonyl (C=O) groups is 2. The quantitative estimate of drug-likeness (QED) is 0.554. The van der Waals surface area contributed by atoms with Crippen molar-refractivity contribution in [3.05, 3.63) is 60.7 Å². The minimum Gasteiger partial charge on any atom is -0.457 e. The van der Waals surface area contributed by atoms with E-state index in [0.717, 1.165) is 36.8 Å². The number of thioether (sulfide) groups is 1. The van der Waals surface area contributed by atoms with Crippen LogP contribution in [0.2, 0.25) is 0 Å². The third kappa shape index (κ3) is 16.6. The van der Waals surface area contributed by atoms with Crippen molar-refractivity contribution in [2.24, 2.45) is 0 Å². The van der Waals surface area contributed by atoms with Gasteiger partial charge >= 0.3 is 6.09 Å². The van der Waals surface area contributed by atoms with Gasteiger partial charge in [-0.25, -0.2) is 4.79 Å². The molecule has 0 aromatic heterocycles. The first-order valence-corrected chi connectivity index (χ1v) is 12.2. The highest BCUT2D eigenvalue weighted by atomic mass is 32.2. The molecule has 8 heteroatoms. The standard InChI is InChI=1S/C12H10O.C8H18N2O2.C5H9NOS/c1-3-7-11(8-4-1)13-12-9-5-2-6-10-12;1-8(2,3)12-7(11)10-6-5-9-4;7-5-4-8-3-1-2-6-5/h1-10H;9H,5-6H2,1-4H3,(H,10,11);1-4H2,(H,6,7). The molecule has 1 aliphatic heterocycles. The number of amides is 2. The van der Waals surface area contributed by atoms with E-state index in [9.17, 15) is 9.59 Å². The Morgan fingerprint density at radius 1 is 1.00 bits per heavy atom. The second kappa shape index (κ2) is 16.9. The highest BCUT2D eigenvalue weighted by Crippen LogP contribution is 2.19. The van der Waals surface area contributed by atoms with Gasteiger partial charge in [-0.1, -0.05) is 36.4 Å². The highest BCUT2D eigenvalue weighted by Gasteiger charge is 2.15. The Kier molecular flexibility index (Phi) is 14.5. The Labute approximate surface area is 202 Å². The Morgan fingerprint density at radius 2 is 1.58 bits per heavy atom. The minimum absolute atomic E-state index is 0.188. The number of hydrogen-bond acceptors (Lipinski definition) is 6. The zero-order valence-electron chi connectivity index (χ0n) is 20.1. The van der Waals surface area contributed by atoms with E-state index in [2.05, 4.69) is 16.0 Å². The lowest BCUT2D eigenvalue weighted by Gasteiger charge is -2.19. The Balaban J connectivity index is 0.000000255. The summed E-state index contributed by atoms with van der Waals surface area (Å²) in [6, 6.07) is 19.5. The van der Waals surface area contributed by atoms with Gasteiger partial charge in [-0.2, -0.15) is 11.8 Å². The van der Waals surface area contributed by atoms with Crippen molar-refractivity contribution in [3.8, 4) is 11.5 Å². The first-order valence-electron chi connectivity index (χ1n) is 11.0. The molecule has 0 aliphatic carbocycles. The van der Waals surface area contributed by atoms with Gasteiger partial charge in [0.05, 0.1) is 5.75 Å². The fourth-order valence-corrected chi connectivity index (χ4v) is 3.12. The predicted octanol–water partition coefficient (Wildman–Crippen LogP) is 4.45. The summed E-state index contributed by atoms with van der Waals surface area (Å²) >= 11 is 1.71. The van der Waals surface area contributed by atoms with Crippen molar-refractivity contribution in [1.29, 1.82) is 0 Å². The maximum Gasteiger partial charge on any atom is 0.407 e. The molecule has 1 fully saturated rings. The number of likely N-dealkylation sites (N-methyl/N-ethyl adjacent to an activating group) is 1. The van der Waals surface area contributed by atoms with E-state index >= 15 is 0 Å². The molecule has 1 heterocycles. The lowest BCUT2D eigenvalue weighted by molar-refractivity contribution is -0.118. The van der Waals surface area contributed by atoms with Crippen LogP contribution in [0.15, 0.2) is 60.7 Å². The van der Waals surface area contributed by atoms with E-state index < -0.39 is 5.60 Å². The molecule has 7 nitrogen and oxygen atoms in total. The molecule has 182 valence electrons. The smallest absolute Gasteiger partial charge is 0.407 e. The molecule has 2 amide bonds. The van der Waals surface area contributed by atoms with Crippen LogP contribution in [0, 0.1) is 0 Å². The fraction of sp³-hybridized carbons (Fsp3) is 0.440. The molecule has 0 unspecified atom stereocenters. The topological polar surface area (TPSA) is 88.7 Å².